The third kappa shape index (κ3) is 4.03. The fraction of sp³-hybridized carbons (Fsp3) is 0.500. The largest absolute Gasteiger partial charge is 0.462 e. The van der Waals surface area contributed by atoms with Crippen molar-refractivity contribution in [1.82, 2.24) is 0 Å². The minimum Gasteiger partial charge on any atom is -0.462 e. The van der Waals surface area contributed by atoms with Gasteiger partial charge >= 0.3 is 5.97 Å². The first-order chi connectivity index (χ1) is 8.45. The highest BCUT2D eigenvalue weighted by atomic mass is 32.2. The van der Waals surface area contributed by atoms with Crippen molar-refractivity contribution in [3.8, 4) is 0 Å². The predicted molar refractivity (Wildman–Crippen MR) is 74.3 cm³/mol. The molecule has 1 aromatic rings. The zero-order valence-corrected chi connectivity index (χ0v) is 12.1. The molecule has 0 aliphatic heterocycles. The Balaban J connectivity index is 2.99. The molecule has 1 atom stereocenters. The molecule has 0 fully saturated rings. The molecule has 100 valence electrons. The second-order valence-electron chi connectivity index (χ2n) is 4.29. The van der Waals surface area contributed by atoms with E-state index in [2.05, 4.69) is 0 Å². The summed E-state index contributed by atoms with van der Waals surface area (Å²) < 4.78 is 5.05. The fourth-order valence-corrected chi connectivity index (χ4v) is 2.44. The van der Waals surface area contributed by atoms with Gasteiger partial charge in [-0.1, -0.05) is 0 Å². The molecule has 1 N–H and O–H groups in total. The number of aliphatic hydroxyl groups is 1. The number of ether oxygens (including phenoxy) is 1. The van der Waals surface area contributed by atoms with Gasteiger partial charge in [-0.15, -0.1) is 11.8 Å². The highest BCUT2D eigenvalue weighted by Gasteiger charge is 2.13. The van der Waals surface area contributed by atoms with Crippen LogP contribution in [0.4, 0.5) is 0 Å². The van der Waals surface area contributed by atoms with E-state index < -0.39 is 0 Å². The van der Waals surface area contributed by atoms with E-state index >= 15 is 0 Å². The molecule has 0 aromatic heterocycles. The van der Waals surface area contributed by atoms with Crippen LogP contribution in [0.5, 0.6) is 0 Å². The molecule has 0 spiro atoms. The van der Waals surface area contributed by atoms with E-state index in [9.17, 15) is 9.90 Å². The average molecular weight is 268 g/mol. The first kappa shape index (κ1) is 15.1. The predicted octanol–water partition coefficient (Wildman–Crippen LogP) is 2.95. The van der Waals surface area contributed by atoms with Crippen LogP contribution >= 0.6 is 11.8 Å². The Morgan fingerprint density at radius 2 is 2.11 bits per heavy atom. The summed E-state index contributed by atoms with van der Waals surface area (Å²) in [6.45, 7) is 7.82. The van der Waals surface area contributed by atoms with Crippen LogP contribution in [0.1, 0.15) is 35.3 Å². The Labute approximate surface area is 113 Å². The monoisotopic (exact) mass is 268 g/mol. The highest BCUT2D eigenvalue weighted by molar-refractivity contribution is 7.99. The molecule has 4 heteroatoms. The van der Waals surface area contributed by atoms with Crippen LogP contribution in [0.25, 0.3) is 0 Å². The molecule has 0 aliphatic rings. The molecule has 0 bridgehead atoms. The topological polar surface area (TPSA) is 46.5 Å². The fourth-order valence-electron chi connectivity index (χ4n) is 1.55. The molecule has 1 aromatic carbocycles. The second-order valence-corrected chi connectivity index (χ2v) is 5.39. The maximum atomic E-state index is 11.8. The summed E-state index contributed by atoms with van der Waals surface area (Å²) in [4.78, 5) is 12.8. The summed E-state index contributed by atoms with van der Waals surface area (Å²) in [6.07, 6.45) is -0.359. The molecule has 3 nitrogen and oxygen atoms in total. The highest BCUT2D eigenvalue weighted by Crippen LogP contribution is 2.25. The molecule has 0 radical (unpaired) electrons. The zero-order chi connectivity index (χ0) is 13.7. The van der Waals surface area contributed by atoms with Crippen molar-refractivity contribution in [2.45, 2.75) is 38.7 Å². The summed E-state index contributed by atoms with van der Waals surface area (Å²) in [5.74, 6) is 0.336. The maximum absolute atomic E-state index is 11.8. The smallest absolute Gasteiger partial charge is 0.338 e. The van der Waals surface area contributed by atoms with Gasteiger partial charge in [0.25, 0.3) is 0 Å². The Morgan fingerprint density at radius 1 is 1.44 bits per heavy atom. The van der Waals surface area contributed by atoms with Crippen LogP contribution in [-0.2, 0) is 4.74 Å². The number of thioether (sulfide) groups is 1. The van der Waals surface area contributed by atoms with Crippen molar-refractivity contribution in [2.75, 3.05) is 12.4 Å². The van der Waals surface area contributed by atoms with Crippen LogP contribution < -0.4 is 0 Å². The first-order valence-corrected chi connectivity index (χ1v) is 7.03. The molecule has 0 amide bonds. The lowest BCUT2D eigenvalue weighted by Gasteiger charge is -2.11. The van der Waals surface area contributed by atoms with Crippen LogP contribution in [0.2, 0.25) is 0 Å². The van der Waals surface area contributed by atoms with Crippen LogP contribution in [0.3, 0.4) is 0 Å². The van der Waals surface area contributed by atoms with E-state index in [-0.39, 0.29) is 12.1 Å². The van der Waals surface area contributed by atoms with Gasteiger partial charge in [0, 0.05) is 10.6 Å². The first-order valence-electron chi connectivity index (χ1n) is 6.05. The lowest BCUT2D eigenvalue weighted by molar-refractivity contribution is 0.0525. The van der Waals surface area contributed by atoms with E-state index in [1.165, 1.54) is 0 Å². The summed E-state index contributed by atoms with van der Waals surface area (Å²) in [7, 11) is 0. The van der Waals surface area contributed by atoms with E-state index in [4.69, 9.17) is 4.74 Å². The van der Waals surface area contributed by atoms with Gasteiger partial charge in [-0.3, -0.25) is 0 Å². The number of carbonyl (C=O) groups is 1. The van der Waals surface area contributed by atoms with Gasteiger partial charge in [0.1, 0.15) is 0 Å². The van der Waals surface area contributed by atoms with Gasteiger partial charge in [-0.25, -0.2) is 4.79 Å². The van der Waals surface area contributed by atoms with Crippen molar-refractivity contribution in [2.24, 2.45) is 0 Å². The third-order valence-corrected chi connectivity index (χ3v) is 3.85. The molecule has 0 unspecified atom stereocenters. The number of rotatable bonds is 5. The summed E-state index contributed by atoms with van der Waals surface area (Å²) >= 11 is 1.54. The zero-order valence-electron chi connectivity index (χ0n) is 11.3. The molecule has 1 rings (SSSR count). The molecule has 0 saturated heterocycles. The number of carbonyl (C=O) groups excluding carboxylic acids is 1. The minimum absolute atomic E-state index is 0.280. The molecule has 0 heterocycles. The number of hydrogen-bond donors (Lipinski definition) is 1. The lowest BCUT2D eigenvalue weighted by Crippen LogP contribution is -2.08. The van der Waals surface area contributed by atoms with Crippen molar-refractivity contribution >= 4 is 17.7 Å². The molecule has 0 aliphatic carbocycles. The number of esters is 1. The van der Waals surface area contributed by atoms with Gasteiger partial charge in [-0.2, -0.15) is 0 Å². The van der Waals surface area contributed by atoms with Gasteiger partial charge in [0.15, 0.2) is 0 Å². The molecular formula is C14H20O3S. The second kappa shape index (κ2) is 6.81. The van der Waals surface area contributed by atoms with Crippen molar-refractivity contribution in [3.05, 3.63) is 28.8 Å². The maximum Gasteiger partial charge on any atom is 0.338 e. The van der Waals surface area contributed by atoms with Crippen molar-refractivity contribution in [1.29, 1.82) is 0 Å². The van der Waals surface area contributed by atoms with Crippen LogP contribution in [-0.4, -0.2) is 29.5 Å². The Hall–Kier alpha value is -1.00. The van der Waals surface area contributed by atoms with E-state index in [0.717, 1.165) is 16.0 Å². The standard InChI is InChI=1S/C14H20O3S/c1-5-17-14(16)13-7-12(18-8-10(3)15)6-9(2)11(13)4/h6-7,10,15H,5,8H2,1-4H3/t10-/m0/s1. The molecule has 18 heavy (non-hydrogen) atoms. The normalized spacial score (nSPS) is 12.3. The lowest BCUT2D eigenvalue weighted by atomic mass is 10.0. The van der Waals surface area contributed by atoms with Crippen LogP contribution in [0, 0.1) is 13.8 Å². The number of aliphatic hydroxyl groups excluding tert-OH is 1. The Bertz CT molecular complexity index is 427. The SMILES string of the molecule is CCOC(=O)c1cc(SC[C@H](C)O)cc(C)c1C. The van der Waals surface area contributed by atoms with E-state index in [1.54, 1.807) is 25.6 Å². The molecular weight excluding hydrogens is 248 g/mol. The quantitative estimate of drug-likeness (QED) is 0.659. The third-order valence-electron chi connectivity index (χ3n) is 2.63. The Morgan fingerprint density at radius 3 is 2.67 bits per heavy atom. The van der Waals surface area contributed by atoms with E-state index in [0.29, 0.717) is 17.9 Å². The average Bonchev–Trinajstić information content (AvgIpc) is 2.30. The number of hydrogen-bond acceptors (Lipinski definition) is 4. The van der Waals surface area contributed by atoms with Gasteiger partial charge in [-0.05, 0) is 51.0 Å². The number of aryl methyl sites for hydroxylation is 1. The van der Waals surface area contributed by atoms with E-state index in [1.807, 2.05) is 26.0 Å². The van der Waals surface area contributed by atoms with Crippen LogP contribution in [0.15, 0.2) is 17.0 Å². The van der Waals surface area contributed by atoms with Gasteiger partial charge in [0.05, 0.1) is 18.3 Å². The minimum atomic E-state index is -0.359. The summed E-state index contributed by atoms with van der Waals surface area (Å²) in [6, 6.07) is 3.87. The number of benzene rings is 1. The van der Waals surface area contributed by atoms with Crippen molar-refractivity contribution in [3.63, 3.8) is 0 Å². The van der Waals surface area contributed by atoms with Crippen molar-refractivity contribution < 1.29 is 14.6 Å². The van der Waals surface area contributed by atoms with Gasteiger partial charge < -0.3 is 9.84 Å². The summed E-state index contributed by atoms with van der Waals surface area (Å²) in [5.41, 5.74) is 2.63. The Kier molecular flexibility index (Phi) is 5.69. The summed E-state index contributed by atoms with van der Waals surface area (Å²) in [5, 5.41) is 9.29. The van der Waals surface area contributed by atoms with Gasteiger partial charge in [0.2, 0.25) is 0 Å². The molecule has 0 saturated carbocycles.